The number of aromatic hydroxyl groups is 1. The summed E-state index contributed by atoms with van der Waals surface area (Å²) in [7, 11) is 0. The van der Waals surface area contributed by atoms with Crippen LogP contribution in [0.1, 0.15) is 0 Å². The number of hydrogen-bond donors (Lipinski definition) is 2. The van der Waals surface area contributed by atoms with E-state index < -0.39 is 0 Å². The highest BCUT2D eigenvalue weighted by molar-refractivity contribution is 5.69. The summed E-state index contributed by atoms with van der Waals surface area (Å²) in [5, 5.41) is 9.42. The summed E-state index contributed by atoms with van der Waals surface area (Å²) in [6.07, 6.45) is 3.42. The lowest BCUT2D eigenvalue weighted by atomic mass is 10.1. The Bertz CT molecular complexity index is 440. The summed E-state index contributed by atoms with van der Waals surface area (Å²) in [4.78, 5) is 3.92. The van der Waals surface area contributed by atoms with Crippen LogP contribution in [0.15, 0.2) is 42.7 Å². The Hall–Kier alpha value is -2.03. The summed E-state index contributed by atoms with van der Waals surface area (Å²) in [5.74, 6) is 0.110. The Morgan fingerprint density at radius 2 is 1.71 bits per heavy atom. The summed E-state index contributed by atoms with van der Waals surface area (Å²) < 4.78 is 0. The molecule has 3 nitrogen and oxygen atoms in total. The normalized spacial score (nSPS) is 10.0. The van der Waals surface area contributed by atoms with Crippen LogP contribution >= 0.6 is 0 Å². The zero-order chi connectivity index (χ0) is 9.97. The number of hydrogen-bond acceptors (Lipinski definition) is 3. The molecule has 0 aliphatic heterocycles. The van der Waals surface area contributed by atoms with Gasteiger partial charge < -0.3 is 10.8 Å². The van der Waals surface area contributed by atoms with Gasteiger partial charge in [-0.05, 0) is 35.4 Å². The van der Waals surface area contributed by atoms with E-state index in [0.717, 1.165) is 11.1 Å². The number of aromatic nitrogens is 1. The molecular formula is C11H10N2O. The first-order chi connectivity index (χ1) is 6.77. The molecule has 0 bridgehead atoms. The van der Waals surface area contributed by atoms with Crippen LogP contribution in [0, 0.1) is 0 Å². The highest BCUT2D eigenvalue weighted by Crippen LogP contribution is 2.27. The number of benzene rings is 1. The molecule has 0 radical (unpaired) electrons. The van der Waals surface area contributed by atoms with Crippen molar-refractivity contribution in [1.29, 1.82) is 0 Å². The molecule has 2 aromatic rings. The van der Waals surface area contributed by atoms with Gasteiger partial charge in [-0.1, -0.05) is 6.07 Å². The number of nitrogens with two attached hydrogens (primary N) is 1. The molecule has 3 N–H and O–H groups in total. The van der Waals surface area contributed by atoms with Gasteiger partial charge in [0.1, 0.15) is 5.75 Å². The minimum absolute atomic E-state index is 0.110. The molecule has 0 aliphatic carbocycles. The Morgan fingerprint density at radius 3 is 2.36 bits per heavy atom. The molecule has 0 atom stereocenters. The van der Waals surface area contributed by atoms with Gasteiger partial charge in [-0.25, -0.2) is 0 Å². The van der Waals surface area contributed by atoms with Gasteiger partial charge in [-0.2, -0.15) is 0 Å². The number of phenols is 1. The maximum absolute atomic E-state index is 9.42. The lowest BCUT2D eigenvalue weighted by Gasteiger charge is -2.03. The van der Waals surface area contributed by atoms with E-state index in [1.165, 1.54) is 0 Å². The van der Waals surface area contributed by atoms with E-state index in [9.17, 15) is 5.11 Å². The summed E-state index contributed by atoms with van der Waals surface area (Å²) >= 11 is 0. The first-order valence-electron chi connectivity index (χ1n) is 4.26. The molecule has 1 heterocycles. The van der Waals surface area contributed by atoms with Crippen LogP contribution in [-0.4, -0.2) is 10.1 Å². The summed E-state index contributed by atoms with van der Waals surface area (Å²) in [5.41, 5.74) is 7.84. The Labute approximate surface area is 81.8 Å². The fourth-order valence-electron chi connectivity index (χ4n) is 1.27. The molecule has 70 valence electrons. The highest BCUT2D eigenvalue weighted by Gasteiger charge is 2.00. The van der Waals surface area contributed by atoms with Crippen molar-refractivity contribution in [3.8, 4) is 16.9 Å². The lowest BCUT2D eigenvalue weighted by molar-refractivity contribution is 0.478. The van der Waals surface area contributed by atoms with Crippen LogP contribution in [0.4, 0.5) is 5.69 Å². The van der Waals surface area contributed by atoms with Gasteiger partial charge in [0.15, 0.2) is 0 Å². The van der Waals surface area contributed by atoms with Crippen molar-refractivity contribution in [1.82, 2.24) is 4.98 Å². The molecule has 0 fully saturated rings. The third-order valence-corrected chi connectivity index (χ3v) is 2.04. The fraction of sp³-hybridized carbons (Fsp3) is 0. The third-order valence-electron chi connectivity index (χ3n) is 2.04. The molecule has 0 aliphatic rings. The summed E-state index contributed by atoms with van der Waals surface area (Å²) in [6.45, 7) is 0. The molecule has 1 aromatic carbocycles. The van der Waals surface area contributed by atoms with Crippen molar-refractivity contribution in [2.45, 2.75) is 0 Å². The maximum Gasteiger partial charge on any atom is 0.139 e. The van der Waals surface area contributed by atoms with Gasteiger partial charge in [0.05, 0.1) is 5.69 Å². The molecule has 0 saturated heterocycles. The standard InChI is InChI=1S/C11H10N2O/c12-10-2-1-9(7-11(10)14)8-3-5-13-6-4-8/h1-7,14H,12H2. The Kier molecular flexibility index (Phi) is 2.07. The van der Waals surface area contributed by atoms with Crippen LogP contribution in [0.5, 0.6) is 5.75 Å². The molecule has 14 heavy (non-hydrogen) atoms. The third kappa shape index (κ3) is 1.52. The second-order valence-electron chi connectivity index (χ2n) is 3.01. The topological polar surface area (TPSA) is 59.1 Å². The van der Waals surface area contributed by atoms with Gasteiger partial charge >= 0.3 is 0 Å². The predicted octanol–water partition coefficient (Wildman–Crippen LogP) is 2.04. The molecule has 3 heteroatoms. The lowest BCUT2D eigenvalue weighted by Crippen LogP contribution is -1.86. The van der Waals surface area contributed by atoms with E-state index in [4.69, 9.17) is 5.73 Å². The van der Waals surface area contributed by atoms with E-state index in [1.807, 2.05) is 18.2 Å². The van der Waals surface area contributed by atoms with E-state index in [1.54, 1.807) is 24.5 Å². The molecular weight excluding hydrogens is 176 g/mol. The largest absolute Gasteiger partial charge is 0.506 e. The molecule has 0 saturated carbocycles. The number of anilines is 1. The number of phenolic OH excluding ortho intramolecular Hbond substituents is 1. The first-order valence-corrected chi connectivity index (χ1v) is 4.26. The minimum Gasteiger partial charge on any atom is -0.506 e. The van der Waals surface area contributed by atoms with Crippen molar-refractivity contribution < 1.29 is 5.11 Å². The van der Waals surface area contributed by atoms with E-state index in [0.29, 0.717) is 5.69 Å². The first kappa shape index (κ1) is 8.56. The minimum atomic E-state index is 0.110. The number of nitrogens with zero attached hydrogens (tertiary/aromatic N) is 1. The molecule has 0 spiro atoms. The highest BCUT2D eigenvalue weighted by atomic mass is 16.3. The van der Waals surface area contributed by atoms with Gasteiger partial charge in [-0.15, -0.1) is 0 Å². The van der Waals surface area contributed by atoms with Crippen molar-refractivity contribution in [2.24, 2.45) is 0 Å². The Morgan fingerprint density at radius 1 is 1.00 bits per heavy atom. The van der Waals surface area contributed by atoms with Gasteiger partial charge in [0.25, 0.3) is 0 Å². The molecule has 1 aromatic heterocycles. The molecule has 0 unspecified atom stereocenters. The second-order valence-corrected chi connectivity index (χ2v) is 3.01. The van der Waals surface area contributed by atoms with Crippen LogP contribution in [-0.2, 0) is 0 Å². The van der Waals surface area contributed by atoms with E-state index >= 15 is 0 Å². The predicted molar refractivity (Wildman–Crippen MR) is 55.8 cm³/mol. The molecule has 0 amide bonds. The van der Waals surface area contributed by atoms with E-state index in [2.05, 4.69) is 4.98 Å². The van der Waals surface area contributed by atoms with Crippen molar-refractivity contribution in [3.05, 3.63) is 42.7 Å². The number of pyridine rings is 1. The quantitative estimate of drug-likeness (QED) is 0.529. The zero-order valence-electron chi connectivity index (χ0n) is 7.51. The zero-order valence-corrected chi connectivity index (χ0v) is 7.51. The van der Waals surface area contributed by atoms with Crippen LogP contribution in [0.2, 0.25) is 0 Å². The number of rotatable bonds is 1. The van der Waals surface area contributed by atoms with Gasteiger partial charge in [0.2, 0.25) is 0 Å². The SMILES string of the molecule is Nc1ccc(-c2ccncc2)cc1O. The average Bonchev–Trinajstić information content (AvgIpc) is 2.23. The van der Waals surface area contributed by atoms with E-state index in [-0.39, 0.29) is 5.75 Å². The van der Waals surface area contributed by atoms with Crippen molar-refractivity contribution in [2.75, 3.05) is 5.73 Å². The maximum atomic E-state index is 9.42. The van der Waals surface area contributed by atoms with Crippen LogP contribution in [0.3, 0.4) is 0 Å². The summed E-state index contributed by atoms with van der Waals surface area (Å²) in [6, 6.07) is 8.95. The monoisotopic (exact) mass is 186 g/mol. The number of nitrogen functional groups attached to an aromatic ring is 1. The Balaban J connectivity index is 2.48. The second kappa shape index (κ2) is 3.38. The fourth-order valence-corrected chi connectivity index (χ4v) is 1.27. The smallest absolute Gasteiger partial charge is 0.139 e. The van der Waals surface area contributed by atoms with Crippen LogP contribution in [0.25, 0.3) is 11.1 Å². The van der Waals surface area contributed by atoms with Gasteiger partial charge in [-0.3, -0.25) is 4.98 Å². The average molecular weight is 186 g/mol. The van der Waals surface area contributed by atoms with Crippen molar-refractivity contribution >= 4 is 5.69 Å². The van der Waals surface area contributed by atoms with Crippen LogP contribution < -0.4 is 5.73 Å². The van der Waals surface area contributed by atoms with Gasteiger partial charge in [0, 0.05) is 12.4 Å². The molecule has 2 rings (SSSR count). The van der Waals surface area contributed by atoms with Crippen molar-refractivity contribution in [3.63, 3.8) is 0 Å².